The lowest BCUT2D eigenvalue weighted by molar-refractivity contribution is -0.00697. The summed E-state index contributed by atoms with van der Waals surface area (Å²) in [6.07, 6.45) is 5.95. The van der Waals surface area contributed by atoms with Crippen molar-refractivity contribution in [2.75, 3.05) is 0 Å². The van der Waals surface area contributed by atoms with Gasteiger partial charge >= 0.3 is 0 Å². The first-order chi connectivity index (χ1) is 10.1. The lowest BCUT2D eigenvalue weighted by Gasteiger charge is -2.25. The van der Waals surface area contributed by atoms with Gasteiger partial charge in [0.2, 0.25) is 0 Å². The molecule has 1 aromatic rings. The Morgan fingerprint density at radius 1 is 1.29 bits per heavy atom. The predicted octanol–water partition coefficient (Wildman–Crippen LogP) is 2.35. The van der Waals surface area contributed by atoms with Gasteiger partial charge in [0.15, 0.2) is 5.69 Å². The van der Waals surface area contributed by atoms with Crippen molar-refractivity contribution in [3.63, 3.8) is 0 Å². The first-order valence-corrected chi connectivity index (χ1v) is 8.17. The quantitative estimate of drug-likeness (QED) is 0.894. The molecule has 21 heavy (non-hydrogen) atoms. The highest BCUT2D eigenvalue weighted by atomic mass is 16.5. The van der Waals surface area contributed by atoms with Crippen LogP contribution in [0.1, 0.15) is 67.4 Å². The van der Waals surface area contributed by atoms with Gasteiger partial charge in [-0.3, -0.25) is 9.89 Å². The summed E-state index contributed by atoms with van der Waals surface area (Å²) in [6, 6.07) is 0.375. The minimum Gasteiger partial charge on any atom is -0.369 e. The molecule has 0 bridgehead atoms. The Morgan fingerprint density at radius 3 is 2.57 bits per heavy atom. The summed E-state index contributed by atoms with van der Waals surface area (Å²) in [5, 5.41) is 10.5. The SMILES string of the molecule is C[C@@H]1Cc2c(C(=O)NC(C3CC3)C3CC3)n[nH]c2[C@H](C)O1. The Balaban J connectivity index is 1.54. The van der Waals surface area contributed by atoms with Crippen LogP contribution < -0.4 is 5.32 Å². The summed E-state index contributed by atoms with van der Waals surface area (Å²) in [5.74, 6) is 1.41. The minimum atomic E-state index is -0.0135. The number of fused-ring (bicyclic) bond motifs is 1. The molecule has 4 rings (SSSR count). The molecule has 0 aromatic carbocycles. The summed E-state index contributed by atoms with van der Waals surface area (Å²) in [7, 11) is 0. The summed E-state index contributed by atoms with van der Waals surface area (Å²) >= 11 is 0. The predicted molar refractivity (Wildman–Crippen MR) is 78.0 cm³/mol. The van der Waals surface area contributed by atoms with Gasteiger partial charge in [0.25, 0.3) is 5.91 Å². The fraction of sp³-hybridized carbons (Fsp3) is 0.750. The molecule has 5 heteroatoms. The van der Waals surface area contributed by atoms with Gasteiger partial charge < -0.3 is 10.1 Å². The third-order valence-corrected chi connectivity index (χ3v) is 5.01. The number of ether oxygens (including phenoxy) is 1. The molecular weight excluding hydrogens is 266 g/mol. The molecule has 2 heterocycles. The first-order valence-electron chi connectivity index (χ1n) is 8.17. The maximum Gasteiger partial charge on any atom is 0.272 e. The lowest BCUT2D eigenvalue weighted by Crippen LogP contribution is -2.39. The van der Waals surface area contributed by atoms with E-state index in [4.69, 9.17) is 4.74 Å². The molecule has 2 saturated carbocycles. The molecule has 3 aliphatic rings. The van der Waals surface area contributed by atoms with Gasteiger partial charge in [-0.05, 0) is 51.4 Å². The Hall–Kier alpha value is -1.36. The number of nitrogens with one attached hydrogen (secondary N) is 2. The summed E-state index contributed by atoms with van der Waals surface area (Å²) in [5.41, 5.74) is 2.59. The summed E-state index contributed by atoms with van der Waals surface area (Å²) < 4.78 is 5.78. The summed E-state index contributed by atoms with van der Waals surface area (Å²) in [6.45, 7) is 4.05. The first kappa shape index (κ1) is 13.3. The van der Waals surface area contributed by atoms with Gasteiger partial charge in [0.1, 0.15) is 0 Å². The molecule has 0 spiro atoms. The normalized spacial score (nSPS) is 28.5. The van der Waals surface area contributed by atoms with Crippen molar-refractivity contribution in [2.24, 2.45) is 11.8 Å². The van der Waals surface area contributed by atoms with Crippen LogP contribution in [0.4, 0.5) is 0 Å². The Morgan fingerprint density at radius 2 is 1.95 bits per heavy atom. The van der Waals surface area contributed by atoms with Crippen molar-refractivity contribution < 1.29 is 9.53 Å². The zero-order valence-electron chi connectivity index (χ0n) is 12.7. The maximum absolute atomic E-state index is 12.6. The maximum atomic E-state index is 12.6. The third-order valence-electron chi connectivity index (χ3n) is 5.01. The van der Waals surface area contributed by atoms with Gasteiger partial charge in [-0.2, -0.15) is 5.10 Å². The van der Waals surface area contributed by atoms with Crippen LogP contribution in [0.25, 0.3) is 0 Å². The van der Waals surface area contributed by atoms with Crippen LogP contribution in [0.15, 0.2) is 0 Å². The van der Waals surface area contributed by atoms with Crippen molar-refractivity contribution in [1.82, 2.24) is 15.5 Å². The van der Waals surface area contributed by atoms with Crippen LogP contribution >= 0.6 is 0 Å². The number of hydrogen-bond acceptors (Lipinski definition) is 3. The van der Waals surface area contributed by atoms with Crippen LogP contribution in [0.3, 0.4) is 0 Å². The molecule has 1 aromatic heterocycles. The number of carbonyl (C=O) groups is 1. The van der Waals surface area contributed by atoms with Crippen LogP contribution in [0.2, 0.25) is 0 Å². The average molecular weight is 289 g/mol. The van der Waals surface area contributed by atoms with Crippen molar-refractivity contribution in [3.8, 4) is 0 Å². The van der Waals surface area contributed by atoms with E-state index in [-0.39, 0.29) is 18.1 Å². The van der Waals surface area contributed by atoms with Crippen molar-refractivity contribution in [1.29, 1.82) is 0 Å². The van der Waals surface area contributed by atoms with E-state index in [0.29, 0.717) is 23.6 Å². The van der Waals surface area contributed by atoms with Gasteiger partial charge in [0, 0.05) is 18.0 Å². The highest BCUT2D eigenvalue weighted by Gasteiger charge is 2.43. The highest BCUT2D eigenvalue weighted by molar-refractivity contribution is 5.94. The standard InChI is InChI=1S/C16H23N3O2/c1-8-7-12-13(9(2)21-8)18-19-15(12)16(20)17-14(10-3-4-10)11-5-6-11/h8-11,14H,3-7H2,1-2H3,(H,17,20)(H,18,19)/t8-,9+/m1/s1. The summed E-state index contributed by atoms with van der Waals surface area (Å²) in [4.78, 5) is 12.6. The zero-order chi connectivity index (χ0) is 14.6. The molecular formula is C16H23N3O2. The smallest absolute Gasteiger partial charge is 0.272 e. The molecule has 0 unspecified atom stereocenters. The fourth-order valence-corrected chi connectivity index (χ4v) is 3.61. The van der Waals surface area contributed by atoms with Gasteiger partial charge in [-0.1, -0.05) is 0 Å². The van der Waals surface area contributed by atoms with E-state index >= 15 is 0 Å². The average Bonchev–Trinajstić information content (AvgIpc) is 3.33. The molecule has 5 nitrogen and oxygen atoms in total. The van der Waals surface area contributed by atoms with E-state index in [2.05, 4.69) is 15.5 Å². The molecule has 1 aliphatic heterocycles. The number of amides is 1. The molecule has 2 atom stereocenters. The van der Waals surface area contributed by atoms with Gasteiger partial charge in [0.05, 0.1) is 17.9 Å². The second-order valence-electron chi connectivity index (χ2n) is 6.93. The zero-order valence-corrected chi connectivity index (χ0v) is 12.7. The lowest BCUT2D eigenvalue weighted by atomic mass is 9.99. The van der Waals surface area contributed by atoms with Gasteiger partial charge in [-0.15, -0.1) is 0 Å². The second kappa shape index (κ2) is 4.83. The molecule has 0 radical (unpaired) electrons. The molecule has 2 fully saturated rings. The number of aromatic amines is 1. The Kier molecular flexibility index (Phi) is 3.06. The number of rotatable bonds is 4. The Labute approximate surface area is 124 Å². The van der Waals surface area contributed by atoms with E-state index in [0.717, 1.165) is 17.7 Å². The van der Waals surface area contributed by atoms with Crippen LogP contribution in [0.5, 0.6) is 0 Å². The van der Waals surface area contributed by atoms with Gasteiger partial charge in [-0.25, -0.2) is 0 Å². The van der Waals surface area contributed by atoms with E-state index in [1.807, 2.05) is 13.8 Å². The number of aromatic nitrogens is 2. The van der Waals surface area contributed by atoms with Crippen molar-refractivity contribution >= 4 is 5.91 Å². The van der Waals surface area contributed by atoms with Crippen LogP contribution in [-0.2, 0) is 11.2 Å². The van der Waals surface area contributed by atoms with E-state index < -0.39 is 0 Å². The second-order valence-corrected chi connectivity index (χ2v) is 6.93. The molecule has 2 aliphatic carbocycles. The molecule has 2 N–H and O–H groups in total. The largest absolute Gasteiger partial charge is 0.369 e. The highest BCUT2D eigenvalue weighted by Crippen LogP contribution is 2.44. The molecule has 0 saturated heterocycles. The minimum absolute atomic E-state index is 0.00222. The molecule has 1 amide bonds. The van der Waals surface area contributed by atoms with E-state index in [1.54, 1.807) is 0 Å². The number of nitrogens with zero attached hydrogens (tertiary/aromatic N) is 1. The number of carbonyl (C=O) groups excluding carboxylic acids is 1. The number of hydrogen-bond donors (Lipinski definition) is 2. The Bertz CT molecular complexity index is 548. The van der Waals surface area contributed by atoms with E-state index in [1.165, 1.54) is 25.7 Å². The monoisotopic (exact) mass is 289 g/mol. The van der Waals surface area contributed by atoms with Crippen LogP contribution in [-0.4, -0.2) is 28.3 Å². The van der Waals surface area contributed by atoms with E-state index in [9.17, 15) is 4.79 Å². The molecule has 114 valence electrons. The topological polar surface area (TPSA) is 67.0 Å². The number of H-pyrrole nitrogens is 1. The van der Waals surface area contributed by atoms with Crippen LogP contribution in [0, 0.1) is 11.8 Å². The fourth-order valence-electron chi connectivity index (χ4n) is 3.61. The third kappa shape index (κ3) is 2.48. The van der Waals surface area contributed by atoms with Crippen molar-refractivity contribution in [2.45, 2.75) is 64.2 Å². The van der Waals surface area contributed by atoms with Crippen molar-refractivity contribution in [3.05, 3.63) is 17.0 Å².